The summed E-state index contributed by atoms with van der Waals surface area (Å²) < 4.78 is 12.0. The molecule has 1 aliphatic heterocycles. The molecule has 25 heavy (non-hydrogen) atoms. The molecule has 0 radical (unpaired) electrons. The van der Waals surface area contributed by atoms with Gasteiger partial charge in [0.2, 0.25) is 5.91 Å². The summed E-state index contributed by atoms with van der Waals surface area (Å²) in [6.45, 7) is 0.648. The van der Waals surface area contributed by atoms with E-state index in [-0.39, 0.29) is 18.5 Å². The Balaban J connectivity index is 1.84. The van der Waals surface area contributed by atoms with E-state index in [1.807, 2.05) is 23.1 Å². The zero-order valence-electron chi connectivity index (χ0n) is 14.3. The minimum Gasteiger partial charge on any atom is -0.497 e. The van der Waals surface area contributed by atoms with Crippen LogP contribution in [0.1, 0.15) is 24.4 Å². The molecule has 1 unspecified atom stereocenters. The van der Waals surface area contributed by atoms with Gasteiger partial charge in [0.05, 0.1) is 20.3 Å². The number of benzene rings is 1. The van der Waals surface area contributed by atoms with Crippen LogP contribution < -0.4 is 15.2 Å². The van der Waals surface area contributed by atoms with Crippen molar-refractivity contribution in [3.63, 3.8) is 0 Å². The van der Waals surface area contributed by atoms with Crippen molar-refractivity contribution in [3.8, 4) is 11.5 Å². The van der Waals surface area contributed by atoms with Crippen LogP contribution in [0.3, 0.4) is 0 Å². The van der Waals surface area contributed by atoms with Gasteiger partial charge < -0.3 is 14.4 Å². The zero-order chi connectivity index (χ0) is 17.8. The number of ether oxygens (including phenoxy) is 2. The van der Waals surface area contributed by atoms with Crippen molar-refractivity contribution in [1.82, 2.24) is 14.5 Å². The number of carbonyl (C=O) groups is 1. The number of amides is 1. The first kappa shape index (κ1) is 17.0. The Labute approximate surface area is 145 Å². The van der Waals surface area contributed by atoms with Crippen molar-refractivity contribution in [2.24, 2.45) is 0 Å². The fourth-order valence-corrected chi connectivity index (χ4v) is 3.23. The highest BCUT2D eigenvalue weighted by Gasteiger charge is 2.32. The Morgan fingerprint density at radius 2 is 2.16 bits per heavy atom. The molecular weight excluding hydrogens is 322 g/mol. The molecule has 1 fully saturated rings. The standard InChI is InChI=1S/C18H21N3O4/c1-24-13-6-7-14(16(11-13)25-2)15-5-3-10-21(15)17(22)12-20-9-4-8-19-18(20)23/h4,6-9,11,15H,3,5,10,12H2,1-2H3. The average Bonchev–Trinajstić information content (AvgIpc) is 3.12. The van der Waals surface area contributed by atoms with Crippen LogP contribution >= 0.6 is 0 Å². The second-order valence-corrected chi connectivity index (χ2v) is 5.88. The van der Waals surface area contributed by atoms with Crippen LogP contribution in [0, 0.1) is 0 Å². The first-order chi connectivity index (χ1) is 12.1. The summed E-state index contributed by atoms with van der Waals surface area (Å²) in [5.41, 5.74) is 0.529. The molecule has 0 spiro atoms. The number of hydrogen-bond acceptors (Lipinski definition) is 5. The summed E-state index contributed by atoms with van der Waals surface area (Å²) >= 11 is 0. The van der Waals surface area contributed by atoms with E-state index in [0.717, 1.165) is 18.4 Å². The first-order valence-corrected chi connectivity index (χ1v) is 8.17. The molecule has 1 aromatic heterocycles. The van der Waals surface area contributed by atoms with Crippen molar-refractivity contribution in [2.45, 2.75) is 25.4 Å². The van der Waals surface area contributed by atoms with Crippen molar-refractivity contribution in [2.75, 3.05) is 20.8 Å². The first-order valence-electron chi connectivity index (χ1n) is 8.17. The van der Waals surface area contributed by atoms with E-state index < -0.39 is 5.69 Å². The minimum atomic E-state index is -0.423. The quantitative estimate of drug-likeness (QED) is 0.825. The largest absolute Gasteiger partial charge is 0.497 e. The number of hydrogen-bond donors (Lipinski definition) is 0. The van der Waals surface area contributed by atoms with E-state index in [4.69, 9.17) is 9.47 Å². The summed E-state index contributed by atoms with van der Waals surface area (Å²) in [4.78, 5) is 30.0. The molecule has 7 heteroatoms. The smallest absolute Gasteiger partial charge is 0.347 e. The summed E-state index contributed by atoms with van der Waals surface area (Å²) in [7, 11) is 3.21. The molecule has 0 N–H and O–H groups in total. The number of carbonyl (C=O) groups excluding carboxylic acids is 1. The lowest BCUT2D eigenvalue weighted by molar-refractivity contribution is -0.132. The van der Waals surface area contributed by atoms with Gasteiger partial charge in [-0.2, -0.15) is 0 Å². The highest BCUT2D eigenvalue weighted by atomic mass is 16.5. The van der Waals surface area contributed by atoms with Crippen LogP contribution in [0.25, 0.3) is 0 Å². The third-order valence-electron chi connectivity index (χ3n) is 4.46. The molecule has 1 amide bonds. The zero-order valence-corrected chi connectivity index (χ0v) is 14.3. The van der Waals surface area contributed by atoms with E-state index in [1.165, 1.54) is 10.8 Å². The number of aromatic nitrogens is 2. The number of nitrogens with zero attached hydrogens (tertiary/aromatic N) is 3. The summed E-state index contributed by atoms with van der Waals surface area (Å²) in [5.74, 6) is 1.30. The van der Waals surface area contributed by atoms with Crippen LogP contribution in [0.4, 0.5) is 0 Å². The summed E-state index contributed by atoms with van der Waals surface area (Å²) in [6, 6.07) is 7.19. The molecule has 0 saturated carbocycles. The highest BCUT2D eigenvalue weighted by molar-refractivity contribution is 5.77. The van der Waals surface area contributed by atoms with Crippen LogP contribution in [0.15, 0.2) is 41.5 Å². The molecular formula is C18H21N3O4. The lowest BCUT2D eigenvalue weighted by Gasteiger charge is -2.26. The SMILES string of the molecule is COc1ccc(C2CCCN2C(=O)Cn2cccnc2=O)c(OC)c1. The normalized spacial score (nSPS) is 16.7. The monoisotopic (exact) mass is 343 g/mol. The third-order valence-corrected chi connectivity index (χ3v) is 4.46. The molecule has 0 aliphatic carbocycles. The molecule has 7 nitrogen and oxygen atoms in total. The number of methoxy groups -OCH3 is 2. The third kappa shape index (κ3) is 3.50. The Bertz CT molecular complexity index is 818. The van der Waals surface area contributed by atoms with Gasteiger partial charge in [0.15, 0.2) is 0 Å². The summed E-state index contributed by atoms with van der Waals surface area (Å²) in [5, 5.41) is 0. The Morgan fingerprint density at radius 3 is 2.88 bits per heavy atom. The van der Waals surface area contributed by atoms with Crippen LogP contribution in [0.2, 0.25) is 0 Å². The van der Waals surface area contributed by atoms with Crippen molar-refractivity contribution in [3.05, 3.63) is 52.7 Å². The molecule has 2 heterocycles. The van der Waals surface area contributed by atoms with Crippen LogP contribution in [0.5, 0.6) is 11.5 Å². The van der Waals surface area contributed by atoms with Gasteiger partial charge in [-0.1, -0.05) is 0 Å². The second-order valence-electron chi connectivity index (χ2n) is 5.88. The Kier molecular flexibility index (Phi) is 5.02. The molecule has 1 saturated heterocycles. The van der Waals surface area contributed by atoms with Gasteiger partial charge in [-0.05, 0) is 31.0 Å². The van der Waals surface area contributed by atoms with E-state index >= 15 is 0 Å². The Hall–Kier alpha value is -2.83. The van der Waals surface area contributed by atoms with Crippen molar-refractivity contribution >= 4 is 5.91 Å². The van der Waals surface area contributed by atoms with Gasteiger partial charge in [-0.15, -0.1) is 0 Å². The fourth-order valence-electron chi connectivity index (χ4n) is 3.23. The molecule has 3 rings (SSSR count). The molecule has 1 aliphatic rings. The lowest BCUT2D eigenvalue weighted by Crippen LogP contribution is -2.36. The van der Waals surface area contributed by atoms with Gasteiger partial charge in [0.1, 0.15) is 18.0 Å². The van der Waals surface area contributed by atoms with Crippen molar-refractivity contribution in [1.29, 1.82) is 0 Å². The maximum absolute atomic E-state index is 12.7. The summed E-state index contributed by atoms with van der Waals surface area (Å²) in [6.07, 6.45) is 4.76. The maximum atomic E-state index is 12.7. The minimum absolute atomic E-state index is 0.0123. The van der Waals surface area contributed by atoms with Gasteiger partial charge in [0.25, 0.3) is 0 Å². The average molecular weight is 343 g/mol. The number of likely N-dealkylation sites (tertiary alicyclic amines) is 1. The molecule has 1 aromatic carbocycles. The lowest BCUT2D eigenvalue weighted by atomic mass is 10.0. The predicted octanol–water partition coefficient (Wildman–Crippen LogP) is 1.62. The molecule has 0 bridgehead atoms. The van der Waals surface area contributed by atoms with Crippen LogP contribution in [-0.2, 0) is 11.3 Å². The maximum Gasteiger partial charge on any atom is 0.347 e. The van der Waals surface area contributed by atoms with Gasteiger partial charge >= 0.3 is 5.69 Å². The van der Waals surface area contributed by atoms with Crippen LogP contribution in [-0.4, -0.2) is 41.1 Å². The van der Waals surface area contributed by atoms with E-state index in [9.17, 15) is 9.59 Å². The fraction of sp³-hybridized carbons (Fsp3) is 0.389. The van der Waals surface area contributed by atoms with Gasteiger partial charge in [0, 0.05) is 30.6 Å². The molecule has 132 valence electrons. The van der Waals surface area contributed by atoms with E-state index in [2.05, 4.69) is 4.98 Å². The predicted molar refractivity (Wildman–Crippen MR) is 91.7 cm³/mol. The van der Waals surface area contributed by atoms with Gasteiger partial charge in [-0.25, -0.2) is 9.78 Å². The van der Waals surface area contributed by atoms with Crippen molar-refractivity contribution < 1.29 is 14.3 Å². The van der Waals surface area contributed by atoms with E-state index in [0.29, 0.717) is 18.0 Å². The van der Waals surface area contributed by atoms with Gasteiger partial charge in [-0.3, -0.25) is 9.36 Å². The Morgan fingerprint density at radius 1 is 1.32 bits per heavy atom. The highest BCUT2D eigenvalue weighted by Crippen LogP contribution is 2.38. The van der Waals surface area contributed by atoms with E-state index in [1.54, 1.807) is 26.5 Å². The second kappa shape index (κ2) is 7.38. The molecule has 2 aromatic rings. The number of rotatable bonds is 5. The molecule has 1 atom stereocenters. The topological polar surface area (TPSA) is 73.7 Å².